The van der Waals surface area contributed by atoms with Gasteiger partial charge in [0.15, 0.2) is 0 Å². The number of aromatic nitrogens is 3. The molecule has 2 aromatic carbocycles. The van der Waals surface area contributed by atoms with Gasteiger partial charge in [0.2, 0.25) is 5.91 Å². The van der Waals surface area contributed by atoms with Crippen LogP contribution >= 0.6 is 11.3 Å². The van der Waals surface area contributed by atoms with E-state index < -0.39 is 0 Å². The Kier molecular flexibility index (Phi) is 6.35. The number of carbonyl (C=O) groups is 1. The van der Waals surface area contributed by atoms with E-state index in [1.54, 1.807) is 13.3 Å². The minimum absolute atomic E-state index is 0.00878. The number of nitrogens with one attached hydrogen (secondary N) is 2. The van der Waals surface area contributed by atoms with Gasteiger partial charge in [-0.1, -0.05) is 36.4 Å². The smallest absolute Gasteiger partial charge is 0.226 e. The number of fused-ring (bicyclic) bond motifs is 1. The van der Waals surface area contributed by atoms with Gasteiger partial charge in [-0.2, -0.15) is 0 Å². The highest BCUT2D eigenvalue weighted by molar-refractivity contribution is 7.13. The largest absolute Gasteiger partial charge is 0.497 e. The Balaban J connectivity index is 1.33. The molecule has 1 amide bonds. The van der Waals surface area contributed by atoms with Crippen molar-refractivity contribution in [2.45, 2.75) is 12.3 Å². The Morgan fingerprint density at radius 3 is 2.71 bits per heavy atom. The summed E-state index contributed by atoms with van der Waals surface area (Å²) < 4.78 is 5.32. The van der Waals surface area contributed by atoms with E-state index in [-0.39, 0.29) is 18.2 Å². The number of amides is 1. The van der Waals surface area contributed by atoms with Crippen LogP contribution in [0, 0.1) is 0 Å². The minimum Gasteiger partial charge on any atom is -0.497 e. The molecule has 0 aliphatic heterocycles. The molecule has 0 aliphatic rings. The molecule has 0 radical (unpaired) electrons. The quantitative estimate of drug-likeness (QED) is 0.329. The molecule has 0 saturated carbocycles. The summed E-state index contributed by atoms with van der Waals surface area (Å²) >= 11 is 1.50. The van der Waals surface area contributed by atoms with Crippen LogP contribution in [0.4, 0.5) is 0 Å². The number of hydrogen-bond acceptors (Lipinski definition) is 5. The summed E-state index contributed by atoms with van der Waals surface area (Å²) in [5.74, 6) is 0.736. The third-order valence-electron chi connectivity index (χ3n) is 5.80. The highest BCUT2D eigenvalue weighted by Crippen LogP contribution is 2.31. The molecule has 0 aliphatic carbocycles. The lowest BCUT2D eigenvalue weighted by molar-refractivity contribution is -0.120. The Morgan fingerprint density at radius 1 is 1.09 bits per heavy atom. The number of pyridine rings is 1. The monoisotopic (exact) mass is 468 g/mol. The van der Waals surface area contributed by atoms with E-state index in [1.165, 1.54) is 11.3 Å². The number of rotatable bonds is 8. The second-order valence-electron chi connectivity index (χ2n) is 7.96. The molecule has 2 N–H and O–H groups in total. The van der Waals surface area contributed by atoms with Crippen LogP contribution in [-0.2, 0) is 11.2 Å². The fraction of sp³-hybridized carbons (Fsp3) is 0.148. The molecule has 1 unspecified atom stereocenters. The summed E-state index contributed by atoms with van der Waals surface area (Å²) in [6, 6.07) is 21.9. The Labute approximate surface area is 201 Å². The number of methoxy groups -OCH3 is 1. The first-order chi connectivity index (χ1) is 16.7. The summed E-state index contributed by atoms with van der Waals surface area (Å²) in [5, 5.41) is 7.01. The van der Waals surface area contributed by atoms with Crippen molar-refractivity contribution < 1.29 is 9.53 Å². The average Bonchev–Trinajstić information content (AvgIpc) is 3.53. The fourth-order valence-electron chi connectivity index (χ4n) is 4.06. The van der Waals surface area contributed by atoms with Crippen molar-refractivity contribution in [3.63, 3.8) is 0 Å². The van der Waals surface area contributed by atoms with E-state index in [0.29, 0.717) is 6.54 Å². The van der Waals surface area contributed by atoms with E-state index in [1.807, 2.05) is 54.0 Å². The number of nitrogens with zero attached hydrogens (tertiary/aromatic N) is 2. The van der Waals surface area contributed by atoms with E-state index in [2.05, 4.69) is 44.5 Å². The number of carbonyl (C=O) groups excluding carboxylic acids is 1. The van der Waals surface area contributed by atoms with E-state index >= 15 is 0 Å². The van der Waals surface area contributed by atoms with Crippen molar-refractivity contribution in [3.8, 4) is 16.5 Å². The zero-order valence-corrected chi connectivity index (χ0v) is 19.5. The molecule has 6 nitrogen and oxygen atoms in total. The molecule has 7 heteroatoms. The van der Waals surface area contributed by atoms with Crippen LogP contribution in [0.3, 0.4) is 0 Å². The van der Waals surface area contributed by atoms with Gasteiger partial charge in [0.25, 0.3) is 0 Å². The van der Waals surface area contributed by atoms with Gasteiger partial charge >= 0.3 is 0 Å². The van der Waals surface area contributed by atoms with E-state index in [0.717, 1.165) is 44.2 Å². The fourth-order valence-corrected chi connectivity index (χ4v) is 4.86. The van der Waals surface area contributed by atoms with E-state index in [4.69, 9.17) is 4.74 Å². The van der Waals surface area contributed by atoms with Crippen molar-refractivity contribution in [1.29, 1.82) is 0 Å². The SMILES string of the molecule is COc1ccc(C(CNC(=O)Cc2csc(-c3ccccn3)n2)c2c[nH]c3ccccc23)cc1. The van der Waals surface area contributed by atoms with Gasteiger partial charge in [0.05, 0.1) is 24.9 Å². The maximum absolute atomic E-state index is 12.8. The third kappa shape index (κ3) is 4.70. The zero-order chi connectivity index (χ0) is 23.3. The molecule has 0 fully saturated rings. The van der Waals surface area contributed by atoms with Crippen molar-refractivity contribution in [2.75, 3.05) is 13.7 Å². The van der Waals surface area contributed by atoms with Crippen LogP contribution in [0.15, 0.2) is 84.5 Å². The van der Waals surface area contributed by atoms with Crippen molar-refractivity contribution in [1.82, 2.24) is 20.3 Å². The molecule has 3 aromatic heterocycles. The maximum atomic E-state index is 12.8. The summed E-state index contributed by atoms with van der Waals surface area (Å²) in [7, 11) is 1.66. The maximum Gasteiger partial charge on any atom is 0.226 e. The van der Waals surface area contributed by atoms with Crippen LogP contribution < -0.4 is 10.1 Å². The average molecular weight is 469 g/mol. The van der Waals surface area contributed by atoms with Crippen molar-refractivity contribution in [2.24, 2.45) is 0 Å². The summed E-state index contributed by atoms with van der Waals surface area (Å²) in [6.45, 7) is 0.476. The number of para-hydroxylation sites is 1. The molecule has 34 heavy (non-hydrogen) atoms. The van der Waals surface area contributed by atoms with Crippen LogP contribution in [0.25, 0.3) is 21.6 Å². The topological polar surface area (TPSA) is 79.9 Å². The molecule has 5 aromatic rings. The summed E-state index contributed by atoms with van der Waals surface area (Å²) in [5.41, 5.74) is 4.89. The summed E-state index contributed by atoms with van der Waals surface area (Å²) in [6.07, 6.45) is 4.00. The van der Waals surface area contributed by atoms with Gasteiger partial charge in [0.1, 0.15) is 10.8 Å². The number of aromatic amines is 1. The lowest BCUT2D eigenvalue weighted by Gasteiger charge is -2.18. The van der Waals surface area contributed by atoms with Crippen LogP contribution in [0.1, 0.15) is 22.7 Å². The van der Waals surface area contributed by atoms with E-state index in [9.17, 15) is 4.79 Å². The first-order valence-corrected chi connectivity index (χ1v) is 11.9. The molecule has 0 bridgehead atoms. The van der Waals surface area contributed by atoms with Crippen LogP contribution in [0.5, 0.6) is 5.75 Å². The number of H-pyrrole nitrogens is 1. The molecule has 0 saturated heterocycles. The lowest BCUT2D eigenvalue weighted by atomic mass is 9.90. The van der Waals surface area contributed by atoms with Gasteiger partial charge in [-0.25, -0.2) is 4.98 Å². The predicted molar refractivity (Wildman–Crippen MR) is 135 cm³/mol. The van der Waals surface area contributed by atoms with Gasteiger partial charge < -0.3 is 15.0 Å². The van der Waals surface area contributed by atoms with Crippen molar-refractivity contribution >= 4 is 28.1 Å². The standard InChI is InChI=1S/C27H24N4O2S/c1-33-20-11-9-18(10-12-20)22(23-16-29-24-7-3-2-6-21(23)24)15-30-26(32)14-19-17-34-27(31-19)25-8-4-5-13-28-25/h2-13,16-17,22,29H,14-15H2,1H3,(H,30,32). The molecule has 5 rings (SSSR count). The molecular weight excluding hydrogens is 444 g/mol. The zero-order valence-electron chi connectivity index (χ0n) is 18.7. The van der Waals surface area contributed by atoms with Gasteiger partial charge in [-0.05, 0) is 41.5 Å². The first-order valence-electron chi connectivity index (χ1n) is 11.0. The molecule has 1 atom stereocenters. The predicted octanol–water partition coefficient (Wildman–Crippen LogP) is 5.19. The Bertz CT molecular complexity index is 1390. The number of hydrogen-bond donors (Lipinski definition) is 2. The second-order valence-corrected chi connectivity index (χ2v) is 8.81. The van der Waals surface area contributed by atoms with Gasteiger partial charge in [-0.15, -0.1) is 11.3 Å². The lowest BCUT2D eigenvalue weighted by Crippen LogP contribution is -2.30. The Morgan fingerprint density at radius 2 is 1.91 bits per heavy atom. The molecule has 170 valence electrons. The molecular formula is C27H24N4O2S. The second kappa shape index (κ2) is 9.89. The first kappa shape index (κ1) is 21.9. The number of benzene rings is 2. The minimum atomic E-state index is -0.0591. The van der Waals surface area contributed by atoms with Crippen LogP contribution in [-0.4, -0.2) is 34.5 Å². The summed E-state index contributed by atoms with van der Waals surface area (Å²) in [4.78, 5) is 25.1. The van der Waals surface area contributed by atoms with Crippen LogP contribution in [0.2, 0.25) is 0 Å². The Hall–Kier alpha value is -3.97. The third-order valence-corrected chi connectivity index (χ3v) is 6.71. The van der Waals surface area contributed by atoms with Crippen molar-refractivity contribution in [3.05, 3.63) is 101 Å². The molecule has 0 spiro atoms. The molecule has 3 heterocycles. The number of ether oxygens (including phenoxy) is 1. The number of thiazole rings is 1. The van der Waals surface area contributed by atoms with Gasteiger partial charge in [0, 0.05) is 41.1 Å². The van der Waals surface area contributed by atoms with Gasteiger partial charge in [-0.3, -0.25) is 9.78 Å². The highest BCUT2D eigenvalue weighted by atomic mass is 32.1. The normalized spacial score (nSPS) is 11.9. The highest BCUT2D eigenvalue weighted by Gasteiger charge is 2.20.